The molecular formula is C56H42B2N2. The van der Waals surface area contributed by atoms with Gasteiger partial charge in [0.15, 0.2) is 0 Å². The van der Waals surface area contributed by atoms with E-state index < -0.39 is 0 Å². The molecule has 4 heteroatoms. The minimum Gasteiger partial charge on any atom is -0.256 e. The fourth-order valence-electron chi connectivity index (χ4n) is 8.11. The number of pyridine rings is 2. The lowest BCUT2D eigenvalue weighted by Crippen LogP contribution is -2.43. The summed E-state index contributed by atoms with van der Waals surface area (Å²) in [6.45, 7) is 0.101. The number of rotatable bonds is 12. The van der Waals surface area contributed by atoms with Crippen molar-refractivity contribution in [2.24, 2.45) is 0 Å². The molecule has 0 fully saturated rings. The smallest absolute Gasteiger partial charge is 0.242 e. The average Bonchev–Trinajstić information content (AvgIpc) is 3.33. The summed E-state index contributed by atoms with van der Waals surface area (Å²) in [6, 6.07) is 81.5. The first-order valence-electron chi connectivity index (χ1n) is 20.5. The zero-order chi connectivity index (χ0) is 40.4. The van der Waals surface area contributed by atoms with E-state index in [9.17, 15) is 0 Å². The van der Waals surface area contributed by atoms with Gasteiger partial charge in [0.1, 0.15) is 0 Å². The third-order valence-corrected chi connectivity index (χ3v) is 11.1. The molecule has 0 radical (unpaired) electrons. The van der Waals surface area contributed by atoms with Crippen LogP contribution in [0.3, 0.4) is 0 Å². The first-order chi connectivity index (χ1) is 29.8. The van der Waals surface area contributed by atoms with Crippen LogP contribution in [0.1, 0.15) is 22.5 Å². The Hall–Kier alpha value is -7.55. The van der Waals surface area contributed by atoms with Crippen molar-refractivity contribution in [2.45, 2.75) is 0 Å². The Morgan fingerprint density at radius 3 is 0.817 bits per heavy atom. The van der Waals surface area contributed by atoms with E-state index >= 15 is 0 Å². The van der Waals surface area contributed by atoms with Crippen LogP contribution in [0.25, 0.3) is 45.4 Å². The van der Waals surface area contributed by atoms with Gasteiger partial charge < -0.3 is 0 Å². The van der Waals surface area contributed by atoms with E-state index in [1.165, 1.54) is 43.9 Å². The molecule has 0 spiro atoms. The summed E-state index contributed by atoms with van der Waals surface area (Å²) < 4.78 is 0. The number of hydrogen-bond acceptors (Lipinski definition) is 2. The third-order valence-electron chi connectivity index (χ3n) is 11.1. The number of benzene rings is 7. The lowest BCUT2D eigenvalue weighted by molar-refractivity contribution is 1.29. The number of hydrogen-bond donors (Lipinski definition) is 0. The Kier molecular flexibility index (Phi) is 11.6. The van der Waals surface area contributed by atoms with Crippen molar-refractivity contribution in [1.29, 1.82) is 0 Å². The number of aromatic nitrogens is 2. The van der Waals surface area contributed by atoms with Gasteiger partial charge >= 0.3 is 0 Å². The van der Waals surface area contributed by atoms with Gasteiger partial charge in [0, 0.05) is 23.5 Å². The van der Waals surface area contributed by atoms with E-state index in [1.54, 1.807) is 0 Å². The Labute approximate surface area is 354 Å². The molecule has 9 aromatic rings. The van der Waals surface area contributed by atoms with Gasteiger partial charge in [0.25, 0.3) is 0 Å². The molecule has 2 heterocycles. The van der Waals surface area contributed by atoms with Crippen molar-refractivity contribution in [3.05, 3.63) is 265 Å². The Balaban J connectivity index is 0.984. The van der Waals surface area contributed by atoms with Crippen molar-refractivity contribution >= 4 is 58.4 Å². The summed E-state index contributed by atoms with van der Waals surface area (Å²) in [5, 5.41) is 0. The largest absolute Gasteiger partial charge is 0.256 e. The van der Waals surface area contributed by atoms with Gasteiger partial charge in [-0.15, -0.1) is 0 Å². The van der Waals surface area contributed by atoms with Crippen LogP contribution in [0.15, 0.2) is 243 Å². The summed E-state index contributed by atoms with van der Waals surface area (Å²) in [5.41, 5.74) is 15.9. The lowest BCUT2D eigenvalue weighted by atomic mass is 9.35. The average molecular weight is 765 g/mol. The van der Waals surface area contributed by atoms with Crippen LogP contribution >= 0.6 is 0 Å². The first-order valence-corrected chi connectivity index (χ1v) is 20.5. The van der Waals surface area contributed by atoms with E-state index in [0.717, 1.165) is 33.6 Å². The second kappa shape index (κ2) is 18.4. The van der Waals surface area contributed by atoms with Crippen molar-refractivity contribution in [1.82, 2.24) is 9.97 Å². The standard InChI is InChI=1S/C56H42B2N2/c1-7-19-45(20-8-1)55(57(49-23-11-3-12-24-49)50-25-13-4-14-26-50)39-53-37-35-47(41-59-53)43-31-33-44(34-32-43)48-36-38-54(60-42-48)40-56(46-21-9-2-10-22-46)58(51-27-15-5-16-28-51)52-29-17-6-18-30-52/h1-42H/b55-39-,56-40-. The van der Waals surface area contributed by atoms with Crippen molar-refractivity contribution in [3.8, 4) is 22.3 Å². The Morgan fingerprint density at radius 1 is 0.283 bits per heavy atom. The summed E-state index contributed by atoms with van der Waals surface area (Å²) in [5.74, 6) is 0. The fourth-order valence-corrected chi connectivity index (χ4v) is 8.11. The van der Waals surface area contributed by atoms with Gasteiger partial charge in [-0.25, -0.2) is 0 Å². The monoisotopic (exact) mass is 764 g/mol. The predicted octanol–water partition coefficient (Wildman–Crippen LogP) is 10.6. The van der Waals surface area contributed by atoms with Crippen molar-refractivity contribution < 1.29 is 0 Å². The van der Waals surface area contributed by atoms with Crippen LogP contribution in [0, 0.1) is 0 Å². The zero-order valence-corrected chi connectivity index (χ0v) is 33.3. The van der Waals surface area contributed by atoms with Crippen LogP contribution in [0.4, 0.5) is 0 Å². The lowest BCUT2D eigenvalue weighted by Gasteiger charge is -2.19. The SMILES string of the molecule is C(=C(/B(c1ccccc1)c1ccccc1)c1ccccc1)/c1ccc(-c2ccc(-c3ccc(/C=C(\B(c4ccccc4)c4ccccc4)c4ccccc4)nc3)cc2)cn1. The molecule has 0 N–H and O–H groups in total. The highest BCUT2D eigenvalue weighted by molar-refractivity contribution is 7.01. The van der Waals surface area contributed by atoms with E-state index in [0.29, 0.717) is 0 Å². The predicted molar refractivity (Wildman–Crippen MR) is 257 cm³/mol. The molecule has 0 aliphatic rings. The highest BCUT2D eigenvalue weighted by Gasteiger charge is 2.26. The molecule has 9 rings (SSSR count). The van der Waals surface area contributed by atoms with Crippen LogP contribution in [0.5, 0.6) is 0 Å². The molecule has 0 amide bonds. The van der Waals surface area contributed by atoms with Crippen LogP contribution in [-0.2, 0) is 0 Å². The van der Waals surface area contributed by atoms with Crippen LogP contribution in [-0.4, -0.2) is 23.4 Å². The molecule has 0 atom stereocenters. The molecular weight excluding hydrogens is 722 g/mol. The van der Waals surface area contributed by atoms with Crippen molar-refractivity contribution in [2.75, 3.05) is 0 Å². The van der Waals surface area contributed by atoms with Crippen LogP contribution < -0.4 is 21.9 Å². The maximum atomic E-state index is 4.98. The Morgan fingerprint density at radius 2 is 0.550 bits per heavy atom. The molecule has 282 valence electrons. The maximum Gasteiger partial charge on any atom is 0.242 e. The highest BCUT2D eigenvalue weighted by atomic mass is 14.7. The second-order valence-corrected chi connectivity index (χ2v) is 15.0. The quantitative estimate of drug-likeness (QED) is 0.116. The van der Waals surface area contributed by atoms with Gasteiger partial charge in [-0.05, 0) is 46.5 Å². The molecule has 0 aliphatic carbocycles. The molecule has 0 saturated heterocycles. The maximum absolute atomic E-state index is 4.98. The molecule has 7 aromatic carbocycles. The molecule has 0 unspecified atom stereocenters. The molecule has 60 heavy (non-hydrogen) atoms. The van der Waals surface area contributed by atoms with E-state index in [4.69, 9.17) is 9.97 Å². The first kappa shape index (κ1) is 38.0. The molecule has 0 saturated carbocycles. The topological polar surface area (TPSA) is 25.8 Å². The van der Waals surface area contributed by atoms with E-state index in [1.807, 2.05) is 12.4 Å². The van der Waals surface area contributed by atoms with Gasteiger partial charge in [0.2, 0.25) is 13.4 Å². The minimum absolute atomic E-state index is 0.0507. The molecule has 2 aromatic heterocycles. The summed E-state index contributed by atoms with van der Waals surface area (Å²) in [6.07, 6.45) is 8.44. The summed E-state index contributed by atoms with van der Waals surface area (Å²) in [4.78, 5) is 9.97. The highest BCUT2D eigenvalue weighted by Crippen LogP contribution is 2.27. The molecule has 2 nitrogen and oxygen atoms in total. The normalized spacial score (nSPS) is 11.5. The van der Waals surface area contributed by atoms with Gasteiger partial charge in [-0.3, -0.25) is 9.97 Å². The zero-order valence-electron chi connectivity index (χ0n) is 33.3. The van der Waals surface area contributed by atoms with Crippen LogP contribution in [0.2, 0.25) is 0 Å². The third kappa shape index (κ3) is 8.79. The van der Waals surface area contributed by atoms with Gasteiger partial charge in [0.05, 0.1) is 11.4 Å². The number of nitrogens with zero attached hydrogens (tertiary/aromatic N) is 2. The Bertz CT molecular complexity index is 2520. The fraction of sp³-hybridized carbons (Fsp3) is 0. The van der Waals surface area contributed by atoms with Gasteiger partial charge in [-0.1, -0.05) is 251 Å². The van der Waals surface area contributed by atoms with Gasteiger partial charge in [-0.2, -0.15) is 0 Å². The van der Waals surface area contributed by atoms with Crippen molar-refractivity contribution in [3.63, 3.8) is 0 Å². The summed E-state index contributed by atoms with van der Waals surface area (Å²) >= 11 is 0. The molecule has 0 aliphatic heterocycles. The second-order valence-electron chi connectivity index (χ2n) is 15.0. The summed E-state index contributed by atoms with van der Waals surface area (Å²) in [7, 11) is 0. The van der Waals surface area contributed by atoms with E-state index in [-0.39, 0.29) is 13.4 Å². The minimum atomic E-state index is 0.0507. The molecule has 0 bridgehead atoms. The van der Waals surface area contributed by atoms with E-state index in [2.05, 4.69) is 243 Å².